The van der Waals surface area contributed by atoms with Crippen molar-refractivity contribution in [1.82, 2.24) is 19.8 Å². The maximum Gasteiger partial charge on any atom is 0.255 e. The number of aromatic amines is 1. The van der Waals surface area contributed by atoms with Gasteiger partial charge in [0.25, 0.3) is 11.8 Å². The van der Waals surface area contributed by atoms with Crippen molar-refractivity contribution in [1.29, 1.82) is 0 Å². The number of carbonyl (C=O) groups is 2. The number of amides is 2. The smallest absolute Gasteiger partial charge is 0.255 e. The van der Waals surface area contributed by atoms with Crippen LogP contribution in [-0.4, -0.2) is 57.8 Å². The summed E-state index contributed by atoms with van der Waals surface area (Å²) in [5, 5.41) is 0. The van der Waals surface area contributed by atoms with Gasteiger partial charge in [0.05, 0.1) is 5.56 Å². The third kappa shape index (κ3) is 3.00. The van der Waals surface area contributed by atoms with E-state index in [2.05, 4.69) is 9.97 Å². The summed E-state index contributed by atoms with van der Waals surface area (Å²) in [6.45, 7) is 2.44. The topological polar surface area (TPSA) is 69.3 Å². The first-order chi connectivity index (χ1) is 10.8. The van der Waals surface area contributed by atoms with Gasteiger partial charge in [0.15, 0.2) is 0 Å². The minimum Gasteiger partial charge on any atom is -0.367 e. The SMILES string of the molecule is O=C(c1ccncc1)N1CCCN(C(=O)c2cc[nH]c2)CC1. The van der Waals surface area contributed by atoms with Gasteiger partial charge >= 0.3 is 0 Å². The number of nitrogens with one attached hydrogen (secondary N) is 1. The van der Waals surface area contributed by atoms with Crippen LogP contribution in [0.2, 0.25) is 0 Å². The van der Waals surface area contributed by atoms with Crippen molar-refractivity contribution >= 4 is 11.8 Å². The Bertz CT molecular complexity index is 639. The van der Waals surface area contributed by atoms with E-state index in [1.807, 2.05) is 4.90 Å². The number of aromatic nitrogens is 2. The Balaban J connectivity index is 1.65. The standard InChI is InChI=1S/C16H18N4O2/c21-15(13-2-5-17-6-3-13)19-8-1-9-20(11-10-19)16(22)14-4-7-18-12-14/h2-7,12,18H,1,8-11H2. The molecule has 0 saturated carbocycles. The molecule has 2 aromatic heterocycles. The monoisotopic (exact) mass is 298 g/mol. The van der Waals surface area contributed by atoms with E-state index in [4.69, 9.17) is 0 Å². The maximum absolute atomic E-state index is 12.4. The van der Waals surface area contributed by atoms with Crippen LogP contribution >= 0.6 is 0 Å². The summed E-state index contributed by atoms with van der Waals surface area (Å²) in [6, 6.07) is 5.21. The van der Waals surface area contributed by atoms with Gasteiger partial charge in [-0.15, -0.1) is 0 Å². The minimum atomic E-state index is -0.00153. The first-order valence-electron chi connectivity index (χ1n) is 7.37. The first kappa shape index (κ1) is 14.3. The highest BCUT2D eigenvalue weighted by Gasteiger charge is 2.23. The molecule has 6 heteroatoms. The van der Waals surface area contributed by atoms with Gasteiger partial charge in [-0.2, -0.15) is 0 Å². The molecule has 3 rings (SSSR count). The number of pyridine rings is 1. The molecule has 1 aliphatic heterocycles. The van der Waals surface area contributed by atoms with Crippen molar-refractivity contribution in [2.45, 2.75) is 6.42 Å². The second kappa shape index (κ2) is 6.43. The summed E-state index contributed by atoms with van der Waals surface area (Å²) < 4.78 is 0. The van der Waals surface area contributed by atoms with Crippen LogP contribution in [0.1, 0.15) is 27.1 Å². The van der Waals surface area contributed by atoms with E-state index in [0.29, 0.717) is 37.3 Å². The quantitative estimate of drug-likeness (QED) is 0.911. The minimum absolute atomic E-state index is 0.00153. The van der Waals surface area contributed by atoms with Gasteiger partial charge in [-0.3, -0.25) is 14.6 Å². The Morgan fingerprint density at radius 1 is 0.909 bits per heavy atom. The molecule has 6 nitrogen and oxygen atoms in total. The Labute approximate surface area is 128 Å². The van der Waals surface area contributed by atoms with Crippen LogP contribution in [0.4, 0.5) is 0 Å². The predicted octanol–water partition coefficient (Wildman–Crippen LogP) is 1.40. The predicted molar refractivity (Wildman–Crippen MR) is 81.5 cm³/mol. The summed E-state index contributed by atoms with van der Waals surface area (Å²) in [7, 11) is 0. The molecule has 1 fully saturated rings. The van der Waals surface area contributed by atoms with Crippen molar-refractivity contribution in [2.24, 2.45) is 0 Å². The molecule has 0 aliphatic carbocycles. The van der Waals surface area contributed by atoms with E-state index >= 15 is 0 Å². The average molecular weight is 298 g/mol. The van der Waals surface area contributed by atoms with Crippen LogP contribution in [0, 0.1) is 0 Å². The van der Waals surface area contributed by atoms with Gasteiger partial charge in [-0.25, -0.2) is 0 Å². The number of carbonyl (C=O) groups excluding carboxylic acids is 2. The molecule has 114 valence electrons. The van der Waals surface area contributed by atoms with Gasteiger partial charge < -0.3 is 14.8 Å². The summed E-state index contributed by atoms with van der Waals surface area (Å²) in [6.07, 6.45) is 7.46. The molecular weight excluding hydrogens is 280 g/mol. The number of nitrogens with zero attached hydrogens (tertiary/aromatic N) is 3. The zero-order chi connectivity index (χ0) is 15.4. The molecule has 22 heavy (non-hydrogen) atoms. The van der Waals surface area contributed by atoms with Gasteiger partial charge in [0, 0.05) is 56.5 Å². The lowest BCUT2D eigenvalue weighted by atomic mass is 10.2. The van der Waals surface area contributed by atoms with Crippen molar-refractivity contribution < 1.29 is 9.59 Å². The van der Waals surface area contributed by atoms with Crippen LogP contribution in [0.25, 0.3) is 0 Å². The summed E-state index contributed by atoms with van der Waals surface area (Å²) in [5.41, 5.74) is 1.30. The normalized spacial score (nSPS) is 15.5. The lowest BCUT2D eigenvalue weighted by Gasteiger charge is -2.22. The summed E-state index contributed by atoms with van der Waals surface area (Å²) >= 11 is 0. The second-order valence-corrected chi connectivity index (χ2v) is 5.27. The van der Waals surface area contributed by atoms with Crippen LogP contribution in [0.3, 0.4) is 0 Å². The molecule has 0 spiro atoms. The largest absolute Gasteiger partial charge is 0.367 e. The number of hydrogen-bond acceptors (Lipinski definition) is 3. The van der Waals surface area contributed by atoms with Gasteiger partial charge in [0.1, 0.15) is 0 Å². The number of rotatable bonds is 2. The van der Waals surface area contributed by atoms with E-state index in [1.54, 1.807) is 47.9 Å². The second-order valence-electron chi connectivity index (χ2n) is 5.27. The Hall–Kier alpha value is -2.63. The summed E-state index contributed by atoms with van der Waals surface area (Å²) in [4.78, 5) is 35.2. The molecular formula is C16H18N4O2. The third-order valence-corrected chi connectivity index (χ3v) is 3.84. The molecule has 0 radical (unpaired) electrons. The highest BCUT2D eigenvalue weighted by atomic mass is 16.2. The van der Waals surface area contributed by atoms with Crippen LogP contribution < -0.4 is 0 Å². The van der Waals surface area contributed by atoms with Gasteiger partial charge in [-0.1, -0.05) is 0 Å². The van der Waals surface area contributed by atoms with E-state index < -0.39 is 0 Å². The van der Waals surface area contributed by atoms with Gasteiger partial charge in [-0.05, 0) is 24.6 Å². The van der Waals surface area contributed by atoms with Gasteiger partial charge in [0.2, 0.25) is 0 Å². The van der Waals surface area contributed by atoms with Crippen LogP contribution in [0.15, 0.2) is 43.0 Å². The van der Waals surface area contributed by atoms with Crippen molar-refractivity contribution in [3.8, 4) is 0 Å². The number of hydrogen-bond donors (Lipinski definition) is 1. The molecule has 0 atom stereocenters. The molecule has 2 amide bonds. The molecule has 2 aromatic rings. The molecule has 0 unspecified atom stereocenters. The Morgan fingerprint density at radius 3 is 2.14 bits per heavy atom. The van der Waals surface area contributed by atoms with Crippen molar-refractivity contribution in [3.63, 3.8) is 0 Å². The lowest BCUT2D eigenvalue weighted by Crippen LogP contribution is -2.37. The molecule has 1 aliphatic rings. The van der Waals surface area contributed by atoms with Crippen molar-refractivity contribution in [2.75, 3.05) is 26.2 Å². The molecule has 0 bridgehead atoms. The average Bonchev–Trinajstić information content (AvgIpc) is 2.99. The molecule has 0 aromatic carbocycles. The highest BCUT2D eigenvalue weighted by Crippen LogP contribution is 2.11. The Morgan fingerprint density at radius 2 is 1.55 bits per heavy atom. The fraction of sp³-hybridized carbons (Fsp3) is 0.312. The van der Waals surface area contributed by atoms with Crippen LogP contribution in [-0.2, 0) is 0 Å². The molecule has 3 heterocycles. The van der Waals surface area contributed by atoms with E-state index in [-0.39, 0.29) is 11.8 Å². The third-order valence-electron chi connectivity index (χ3n) is 3.84. The highest BCUT2D eigenvalue weighted by molar-refractivity contribution is 5.95. The Kier molecular flexibility index (Phi) is 4.18. The van der Waals surface area contributed by atoms with Crippen LogP contribution in [0.5, 0.6) is 0 Å². The summed E-state index contributed by atoms with van der Waals surface area (Å²) in [5.74, 6) is 0.0119. The zero-order valence-electron chi connectivity index (χ0n) is 12.2. The fourth-order valence-corrected chi connectivity index (χ4v) is 2.64. The maximum atomic E-state index is 12.4. The zero-order valence-corrected chi connectivity index (χ0v) is 12.2. The van der Waals surface area contributed by atoms with Crippen molar-refractivity contribution in [3.05, 3.63) is 54.1 Å². The molecule has 1 N–H and O–H groups in total. The number of H-pyrrole nitrogens is 1. The molecule has 1 saturated heterocycles. The van der Waals surface area contributed by atoms with E-state index in [9.17, 15) is 9.59 Å². The first-order valence-corrected chi connectivity index (χ1v) is 7.37. The fourth-order valence-electron chi connectivity index (χ4n) is 2.64. The lowest BCUT2D eigenvalue weighted by molar-refractivity contribution is 0.0719. The van der Waals surface area contributed by atoms with E-state index in [0.717, 1.165) is 6.42 Å². The van der Waals surface area contributed by atoms with E-state index in [1.165, 1.54) is 0 Å².